The molecule has 0 saturated carbocycles. The van der Waals surface area contributed by atoms with Gasteiger partial charge in [0.15, 0.2) is 0 Å². The second-order valence-electron chi connectivity index (χ2n) is 14.1. The van der Waals surface area contributed by atoms with Crippen LogP contribution in [0.25, 0.3) is 0 Å². The Morgan fingerprint density at radius 3 is 1.65 bits per heavy atom. The van der Waals surface area contributed by atoms with E-state index >= 15 is 0 Å². The lowest BCUT2D eigenvalue weighted by atomic mass is 10.1. The normalized spacial score (nSPS) is 14.8. The molecule has 3 unspecified atom stereocenters. The zero-order valence-electron chi connectivity index (χ0n) is 34.4. The number of phosphoric ester groups is 1. The molecule has 0 radical (unpaired) electrons. The number of hydrogen-bond acceptors (Lipinski definition) is 6. The molecule has 0 saturated heterocycles. The monoisotopic (exact) mass is 777 g/mol. The predicted molar refractivity (Wildman–Crippen MR) is 230 cm³/mol. The Kier molecular flexibility index (Phi) is 39.0. The third-order valence-electron chi connectivity index (χ3n) is 8.99. The molecule has 312 valence electrons. The molecule has 0 aliphatic rings. The molecule has 0 heterocycles. The summed E-state index contributed by atoms with van der Waals surface area (Å²) in [6.45, 7) is 3.96. The van der Waals surface area contributed by atoms with E-state index in [1.165, 1.54) is 70.6 Å². The van der Waals surface area contributed by atoms with Crippen LogP contribution in [0, 0.1) is 0 Å². The minimum absolute atomic E-state index is 0.0652. The molecule has 9 heteroatoms. The second-order valence-corrected chi connectivity index (χ2v) is 15.6. The molecule has 0 aromatic heterocycles. The summed E-state index contributed by atoms with van der Waals surface area (Å²) < 4.78 is 22.1. The summed E-state index contributed by atoms with van der Waals surface area (Å²) in [4.78, 5) is 22.7. The number of nitrogens with one attached hydrogen (secondary N) is 1. The molecule has 0 fully saturated rings. The lowest BCUT2D eigenvalue weighted by Crippen LogP contribution is -2.45. The van der Waals surface area contributed by atoms with Crippen LogP contribution in [0.3, 0.4) is 0 Å². The van der Waals surface area contributed by atoms with E-state index in [4.69, 9.17) is 14.8 Å². The number of unbranched alkanes of at least 4 members (excludes halogenated alkanes) is 17. The fraction of sp³-hybridized carbons (Fsp3) is 0.711. The number of allylic oxidation sites excluding steroid dienone is 11. The van der Waals surface area contributed by atoms with Crippen LogP contribution in [0.5, 0.6) is 0 Å². The number of rotatable bonds is 39. The number of carbonyl (C=O) groups is 1. The Morgan fingerprint density at radius 1 is 0.630 bits per heavy atom. The summed E-state index contributed by atoms with van der Waals surface area (Å²) in [5.74, 6) is -0.228. The number of aliphatic hydroxyl groups is 1. The SMILES string of the molecule is CC/C=C\C/C=C\C/C=C\CCCCCCCC(=O)NC(COP(=O)(O)OCCN)C(O)/C=C/CC/C=C/CC/C=C/CCCCCCCCCCCC. The van der Waals surface area contributed by atoms with E-state index in [2.05, 4.69) is 79.9 Å². The van der Waals surface area contributed by atoms with Gasteiger partial charge in [0.05, 0.1) is 25.4 Å². The fourth-order valence-electron chi connectivity index (χ4n) is 5.76. The Balaban J connectivity index is 4.34. The fourth-order valence-corrected chi connectivity index (χ4v) is 6.52. The van der Waals surface area contributed by atoms with Gasteiger partial charge in [-0.3, -0.25) is 13.8 Å². The van der Waals surface area contributed by atoms with Gasteiger partial charge < -0.3 is 21.1 Å². The maximum atomic E-state index is 12.7. The van der Waals surface area contributed by atoms with Gasteiger partial charge in [0.1, 0.15) is 0 Å². The second kappa shape index (κ2) is 40.6. The predicted octanol–water partition coefficient (Wildman–Crippen LogP) is 12.1. The summed E-state index contributed by atoms with van der Waals surface area (Å²) in [5.41, 5.74) is 5.37. The Morgan fingerprint density at radius 2 is 1.09 bits per heavy atom. The maximum Gasteiger partial charge on any atom is 0.472 e. The first-order valence-corrected chi connectivity index (χ1v) is 23.1. The number of amides is 1. The molecular weight excluding hydrogens is 695 g/mol. The number of nitrogens with two attached hydrogens (primary N) is 1. The first-order valence-electron chi connectivity index (χ1n) is 21.6. The van der Waals surface area contributed by atoms with E-state index in [-0.39, 0.29) is 25.7 Å². The largest absolute Gasteiger partial charge is 0.472 e. The van der Waals surface area contributed by atoms with E-state index < -0.39 is 20.0 Å². The number of hydrogen-bond donors (Lipinski definition) is 4. The van der Waals surface area contributed by atoms with Crippen LogP contribution in [-0.2, 0) is 18.4 Å². The topological polar surface area (TPSA) is 131 Å². The summed E-state index contributed by atoms with van der Waals surface area (Å²) >= 11 is 0. The molecule has 0 spiro atoms. The van der Waals surface area contributed by atoms with Crippen molar-refractivity contribution >= 4 is 13.7 Å². The molecule has 0 aromatic carbocycles. The zero-order chi connectivity index (χ0) is 39.6. The van der Waals surface area contributed by atoms with E-state index in [0.29, 0.717) is 6.42 Å². The molecule has 1 amide bonds. The highest BCUT2D eigenvalue weighted by atomic mass is 31.2. The van der Waals surface area contributed by atoms with Crippen molar-refractivity contribution in [2.45, 2.75) is 187 Å². The Bertz CT molecular complexity index is 1070. The van der Waals surface area contributed by atoms with Crippen molar-refractivity contribution in [3.8, 4) is 0 Å². The van der Waals surface area contributed by atoms with Gasteiger partial charge in [-0.05, 0) is 77.0 Å². The summed E-state index contributed by atoms with van der Waals surface area (Å²) in [6.07, 6.45) is 52.4. The van der Waals surface area contributed by atoms with Crippen LogP contribution >= 0.6 is 7.82 Å². The number of carbonyl (C=O) groups excluding carboxylic acids is 1. The first kappa shape index (κ1) is 51.9. The van der Waals surface area contributed by atoms with E-state index in [9.17, 15) is 19.4 Å². The highest BCUT2D eigenvalue weighted by molar-refractivity contribution is 7.47. The average Bonchev–Trinajstić information content (AvgIpc) is 3.16. The van der Waals surface area contributed by atoms with Gasteiger partial charge in [-0.25, -0.2) is 4.57 Å². The van der Waals surface area contributed by atoms with Gasteiger partial charge in [0.25, 0.3) is 0 Å². The smallest absolute Gasteiger partial charge is 0.387 e. The maximum absolute atomic E-state index is 12.7. The van der Waals surface area contributed by atoms with E-state index in [0.717, 1.165) is 83.5 Å². The van der Waals surface area contributed by atoms with Crippen LogP contribution in [0.15, 0.2) is 72.9 Å². The quantitative estimate of drug-likeness (QED) is 0.0278. The van der Waals surface area contributed by atoms with E-state index in [1.54, 1.807) is 6.08 Å². The standard InChI is InChI=1S/C45H81N2O6P/c1-3-5-7-9-11-13-15-17-19-20-21-22-23-25-26-28-30-32-34-36-38-44(48)43(42-53-54(50,51)52-41-40-46)47-45(49)39-37-35-33-31-29-27-24-18-16-14-12-10-8-6-4-2/h6,8,12,14,18,22-24,28,30,36,38,43-44,48H,3-5,7,9-11,13,15-17,19-21,25-27,29,31-35,37,39-42,46H2,1-2H3,(H,47,49)(H,50,51)/b8-6-,14-12-,23-22+,24-18-,30-28+,38-36+. The van der Waals surface area contributed by atoms with Crippen molar-refractivity contribution in [3.63, 3.8) is 0 Å². The molecule has 8 nitrogen and oxygen atoms in total. The van der Waals surface area contributed by atoms with Gasteiger partial charge >= 0.3 is 7.82 Å². The Hall–Kier alpha value is -2.06. The van der Waals surface area contributed by atoms with Crippen LogP contribution in [0.4, 0.5) is 0 Å². The van der Waals surface area contributed by atoms with Crippen molar-refractivity contribution in [2.24, 2.45) is 5.73 Å². The molecule has 3 atom stereocenters. The first-order chi connectivity index (χ1) is 26.4. The van der Waals surface area contributed by atoms with Crippen molar-refractivity contribution in [1.29, 1.82) is 0 Å². The lowest BCUT2D eigenvalue weighted by Gasteiger charge is -2.23. The molecule has 0 bridgehead atoms. The molecule has 0 aliphatic carbocycles. The van der Waals surface area contributed by atoms with Crippen molar-refractivity contribution in [3.05, 3.63) is 72.9 Å². The average molecular weight is 777 g/mol. The molecule has 0 aromatic rings. The molecular formula is C45H81N2O6P. The van der Waals surface area contributed by atoms with Gasteiger partial charge in [0.2, 0.25) is 5.91 Å². The minimum Gasteiger partial charge on any atom is -0.387 e. The van der Waals surface area contributed by atoms with Crippen molar-refractivity contribution in [2.75, 3.05) is 19.8 Å². The third-order valence-corrected chi connectivity index (χ3v) is 9.98. The van der Waals surface area contributed by atoms with Gasteiger partial charge in [-0.15, -0.1) is 0 Å². The van der Waals surface area contributed by atoms with Crippen LogP contribution < -0.4 is 11.1 Å². The Labute approximate surface area is 331 Å². The van der Waals surface area contributed by atoms with Gasteiger partial charge in [0, 0.05) is 13.0 Å². The van der Waals surface area contributed by atoms with Crippen LogP contribution in [0.1, 0.15) is 174 Å². The summed E-state index contributed by atoms with van der Waals surface area (Å²) in [5, 5.41) is 13.6. The highest BCUT2D eigenvalue weighted by Crippen LogP contribution is 2.43. The minimum atomic E-state index is -4.36. The van der Waals surface area contributed by atoms with Crippen molar-refractivity contribution < 1.29 is 28.4 Å². The van der Waals surface area contributed by atoms with Gasteiger partial charge in [-0.2, -0.15) is 0 Å². The zero-order valence-corrected chi connectivity index (χ0v) is 35.3. The van der Waals surface area contributed by atoms with Crippen LogP contribution in [0.2, 0.25) is 0 Å². The summed E-state index contributed by atoms with van der Waals surface area (Å²) in [6, 6.07) is -0.896. The van der Waals surface area contributed by atoms with E-state index in [1.807, 2.05) is 6.08 Å². The molecule has 54 heavy (non-hydrogen) atoms. The van der Waals surface area contributed by atoms with Crippen molar-refractivity contribution in [1.82, 2.24) is 5.32 Å². The molecule has 0 aliphatic heterocycles. The van der Waals surface area contributed by atoms with Gasteiger partial charge in [-0.1, -0.05) is 164 Å². The van der Waals surface area contributed by atoms with Crippen LogP contribution in [-0.4, -0.2) is 47.8 Å². The highest BCUT2D eigenvalue weighted by Gasteiger charge is 2.26. The molecule has 5 N–H and O–H groups in total. The summed E-state index contributed by atoms with van der Waals surface area (Å²) in [7, 11) is -4.36. The third kappa shape index (κ3) is 38.2. The number of phosphoric acid groups is 1. The number of aliphatic hydroxyl groups excluding tert-OH is 1. The lowest BCUT2D eigenvalue weighted by molar-refractivity contribution is -0.123. The molecule has 0 rings (SSSR count).